The van der Waals surface area contributed by atoms with E-state index in [-0.39, 0.29) is 0 Å². The van der Waals surface area contributed by atoms with Crippen LogP contribution in [0.4, 0.5) is 5.82 Å². The predicted octanol–water partition coefficient (Wildman–Crippen LogP) is 3.96. The largest absolute Gasteiger partial charge is 0.384 e. The summed E-state index contributed by atoms with van der Waals surface area (Å²) in [5, 5.41) is 7.02. The number of fused-ring (bicyclic) bond motifs is 1. The summed E-state index contributed by atoms with van der Waals surface area (Å²) in [6.07, 6.45) is 10.4. The number of aromatic nitrogens is 2. The average Bonchev–Trinajstić information content (AvgIpc) is 2.60. The van der Waals surface area contributed by atoms with Crippen LogP contribution in [0.1, 0.15) is 44.4 Å². The standard InChI is InChI=1S/C20H24N4O/c1-4-5-6-16-7-13(2)18(11-21-16)17-8-15-10-22-20(23-12-25)9-19(15)24-14(17)3/h7-12,16,21H,4-6H2,1-3H3,(H,22,23,25). The molecule has 1 atom stereocenters. The summed E-state index contributed by atoms with van der Waals surface area (Å²) in [6.45, 7) is 6.39. The summed E-state index contributed by atoms with van der Waals surface area (Å²) in [5.74, 6) is 0.510. The Hall–Kier alpha value is -2.69. The van der Waals surface area contributed by atoms with Crippen molar-refractivity contribution < 1.29 is 4.79 Å². The van der Waals surface area contributed by atoms with Crippen molar-refractivity contribution in [1.29, 1.82) is 0 Å². The van der Waals surface area contributed by atoms with Crippen LogP contribution in [0, 0.1) is 6.92 Å². The number of allylic oxidation sites excluding steroid dienone is 2. The molecule has 3 heterocycles. The number of nitrogens with one attached hydrogen (secondary N) is 2. The third-order valence-corrected chi connectivity index (χ3v) is 4.57. The maximum Gasteiger partial charge on any atom is 0.212 e. The van der Waals surface area contributed by atoms with E-state index in [4.69, 9.17) is 4.98 Å². The van der Waals surface area contributed by atoms with Gasteiger partial charge in [0, 0.05) is 46.7 Å². The molecular weight excluding hydrogens is 312 g/mol. The lowest BCUT2D eigenvalue weighted by atomic mass is 9.93. The SMILES string of the molecule is CCCCC1C=C(C)C(c2cc3cnc(NC=O)cc3nc2C)=CN1. The highest BCUT2D eigenvalue weighted by Gasteiger charge is 2.16. The van der Waals surface area contributed by atoms with E-state index >= 15 is 0 Å². The zero-order valence-electron chi connectivity index (χ0n) is 15.0. The topological polar surface area (TPSA) is 66.9 Å². The number of hydrogen-bond donors (Lipinski definition) is 2. The summed E-state index contributed by atoms with van der Waals surface area (Å²) in [4.78, 5) is 19.5. The molecule has 0 saturated carbocycles. The maximum absolute atomic E-state index is 10.6. The van der Waals surface area contributed by atoms with Gasteiger partial charge in [-0.2, -0.15) is 0 Å². The van der Waals surface area contributed by atoms with E-state index in [1.807, 2.05) is 6.92 Å². The van der Waals surface area contributed by atoms with Crippen LogP contribution in [0.3, 0.4) is 0 Å². The molecule has 130 valence electrons. The zero-order valence-corrected chi connectivity index (χ0v) is 15.0. The molecule has 1 aliphatic rings. The number of carbonyl (C=O) groups is 1. The Balaban J connectivity index is 1.92. The lowest BCUT2D eigenvalue weighted by molar-refractivity contribution is -0.105. The molecule has 0 fully saturated rings. The van der Waals surface area contributed by atoms with Crippen molar-refractivity contribution in [2.75, 3.05) is 5.32 Å². The maximum atomic E-state index is 10.6. The van der Waals surface area contributed by atoms with Gasteiger partial charge >= 0.3 is 0 Å². The highest BCUT2D eigenvalue weighted by molar-refractivity contribution is 5.89. The minimum atomic E-state index is 0.413. The Bertz CT molecular complexity index is 854. The molecule has 25 heavy (non-hydrogen) atoms. The molecule has 1 amide bonds. The number of hydrogen-bond acceptors (Lipinski definition) is 4. The van der Waals surface area contributed by atoms with E-state index in [0.717, 1.165) is 28.6 Å². The minimum Gasteiger partial charge on any atom is -0.384 e. The van der Waals surface area contributed by atoms with E-state index in [2.05, 4.69) is 47.8 Å². The van der Waals surface area contributed by atoms with Gasteiger partial charge in [-0.05, 0) is 31.9 Å². The van der Waals surface area contributed by atoms with Gasteiger partial charge in [0.15, 0.2) is 0 Å². The molecule has 0 aliphatic carbocycles. The Labute approximate surface area is 148 Å². The Kier molecular flexibility index (Phi) is 5.12. The van der Waals surface area contributed by atoms with Gasteiger partial charge in [0.05, 0.1) is 5.52 Å². The number of rotatable bonds is 6. The smallest absolute Gasteiger partial charge is 0.212 e. The van der Waals surface area contributed by atoms with Crippen molar-refractivity contribution in [2.45, 2.75) is 46.1 Å². The lowest BCUT2D eigenvalue weighted by Gasteiger charge is -2.23. The molecule has 1 aliphatic heterocycles. The molecule has 0 spiro atoms. The molecular formula is C20H24N4O. The molecule has 0 aromatic carbocycles. The fraction of sp³-hybridized carbons (Fsp3) is 0.350. The minimum absolute atomic E-state index is 0.413. The summed E-state index contributed by atoms with van der Waals surface area (Å²) in [7, 11) is 0. The molecule has 5 nitrogen and oxygen atoms in total. The predicted molar refractivity (Wildman–Crippen MR) is 102 cm³/mol. The number of aryl methyl sites for hydroxylation is 1. The van der Waals surface area contributed by atoms with Gasteiger partial charge in [-0.3, -0.25) is 9.78 Å². The first-order valence-electron chi connectivity index (χ1n) is 8.75. The Morgan fingerprint density at radius 3 is 2.88 bits per heavy atom. The molecule has 0 saturated heterocycles. The second-order valence-electron chi connectivity index (χ2n) is 6.47. The Morgan fingerprint density at radius 2 is 2.16 bits per heavy atom. The molecule has 5 heteroatoms. The number of unbranched alkanes of at least 4 members (excludes halogenated alkanes) is 1. The Morgan fingerprint density at radius 1 is 1.32 bits per heavy atom. The zero-order chi connectivity index (χ0) is 17.8. The van der Waals surface area contributed by atoms with Crippen LogP contribution >= 0.6 is 0 Å². The second kappa shape index (κ2) is 7.47. The van der Waals surface area contributed by atoms with Crippen molar-refractivity contribution in [1.82, 2.24) is 15.3 Å². The molecule has 0 radical (unpaired) electrons. The summed E-state index contributed by atoms with van der Waals surface area (Å²) < 4.78 is 0. The second-order valence-corrected chi connectivity index (χ2v) is 6.47. The third kappa shape index (κ3) is 3.71. The quantitative estimate of drug-likeness (QED) is 0.784. The van der Waals surface area contributed by atoms with Crippen LogP contribution in [0.15, 0.2) is 36.2 Å². The average molecular weight is 336 g/mol. The van der Waals surface area contributed by atoms with Crippen LogP contribution < -0.4 is 10.6 Å². The third-order valence-electron chi connectivity index (χ3n) is 4.57. The van der Waals surface area contributed by atoms with E-state index < -0.39 is 0 Å². The van der Waals surface area contributed by atoms with Gasteiger partial charge in [0.2, 0.25) is 6.41 Å². The van der Waals surface area contributed by atoms with Crippen LogP contribution in [0.25, 0.3) is 16.5 Å². The summed E-state index contributed by atoms with van der Waals surface area (Å²) in [6, 6.07) is 4.32. The van der Waals surface area contributed by atoms with Gasteiger partial charge in [0.25, 0.3) is 0 Å². The van der Waals surface area contributed by atoms with Crippen LogP contribution in [0.5, 0.6) is 0 Å². The van der Waals surface area contributed by atoms with E-state index in [0.29, 0.717) is 18.3 Å². The van der Waals surface area contributed by atoms with Gasteiger partial charge < -0.3 is 10.6 Å². The van der Waals surface area contributed by atoms with Gasteiger partial charge in [-0.15, -0.1) is 0 Å². The van der Waals surface area contributed by atoms with Crippen molar-refractivity contribution in [2.24, 2.45) is 0 Å². The highest BCUT2D eigenvalue weighted by Crippen LogP contribution is 2.30. The molecule has 1 unspecified atom stereocenters. The number of nitrogens with zero attached hydrogens (tertiary/aromatic N) is 2. The lowest BCUT2D eigenvalue weighted by Crippen LogP contribution is -2.25. The molecule has 3 rings (SSSR count). The molecule has 0 bridgehead atoms. The van der Waals surface area contributed by atoms with E-state index in [1.54, 1.807) is 12.3 Å². The van der Waals surface area contributed by atoms with Crippen molar-refractivity contribution in [3.8, 4) is 0 Å². The molecule has 2 N–H and O–H groups in total. The first kappa shape index (κ1) is 17.1. The normalized spacial score (nSPS) is 16.8. The summed E-state index contributed by atoms with van der Waals surface area (Å²) >= 11 is 0. The van der Waals surface area contributed by atoms with Gasteiger partial charge in [-0.25, -0.2) is 4.98 Å². The number of amides is 1. The van der Waals surface area contributed by atoms with Crippen molar-refractivity contribution in [3.63, 3.8) is 0 Å². The fourth-order valence-corrected chi connectivity index (χ4v) is 3.20. The van der Waals surface area contributed by atoms with Crippen molar-refractivity contribution in [3.05, 3.63) is 47.4 Å². The number of dihydropyridines is 1. The van der Waals surface area contributed by atoms with Gasteiger partial charge in [-0.1, -0.05) is 25.8 Å². The molecule has 2 aromatic heterocycles. The number of carbonyl (C=O) groups excluding carboxylic acids is 1. The number of anilines is 1. The van der Waals surface area contributed by atoms with E-state index in [1.165, 1.54) is 24.0 Å². The first-order valence-corrected chi connectivity index (χ1v) is 8.75. The van der Waals surface area contributed by atoms with Crippen LogP contribution in [-0.2, 0) is 4.79 Å². The van der Waals surface area contributed by atoms with E-state index in [9.17, 15) is 4.79 Å². The number of pyridine rings is 2. The van der Waals surface area contributed by atoms with Gasteiger partial charge in [0.1, 0.15) is 5.82 Å². The van der Waals surface area contributed by atoms with Crippen LogP contribution in [0.2, 0.25) is 0 Å². The monoisotopic (exact) mass is 336 g/mol. The van der Waals surface area contributed by atoms with Crippen LogP contribution in [-0.4, -0.2) is 22.4 Å². The summed E-state index contributed by atoms with van der Waals surface area (Å²) in [5.41, 5.74) is 5.35. The first-order chi connectivity index (χ1) is 12.1. The highest BCUT2D eigenvalue weighted by atomic mass is 16.1. The molecule has 2 aromatic rings. The van der Waals surface area contributed by atoms with Crippen molar-refractivity contribution >= 4 is 28.7 Å². The fourth-order valence-electron chi connectivity index (χ4n) is 3.20.